The van der Waals surface area contributed by atoms with E-state index < -0.39 is 17.5 Å². The molecule has 0 radical (unpaired) electrons. The highest BCUT2D eigenvalue weighted by Gasteiger charge is 2.41. The number of pyridine rings is 1. The zero-order valence-corrected chi connectivity index (χ0v) is 24.7. The zero-order valence-electron chi connectivity index (χ0n) is 23.1. The van der Waals surface area contributed by atoms with Gasteiger partial charge in [0.15, 0.2) is 0 Å². The monoisotopic (exact) mass is 585 g/mol. The maximum atomic E-state index is 12.6. The number of fused-ring (bicyclic) bond motifs is 1. The molecule has 0 unspecified atom stereocenters. The van der Waals surface area contributed by atoms with Crippen LogP contribution < -0.4 is 4.74 Å². The van der Waals surface area contributed by atoms with Crippen LogP contribution in [0.15, 0.2) is 46.1 Å². The van der Waals surface area contributed by atoms with Gasteiger partial charge < -0.3 is 24.6 Å². The van der Waals surface area contributed by atoms with Crippen molar-refractivity contribution in [1.82, 2.24) is 14.8 Å². The Morgan fingerprint density at radius 3 is 2.70 bits per heavy atom. The molecule has 40 heavy (non-hydrogen) atoms. The van der Waals surface area contributed by atoms with Crippen LogP contribution >= 0.6 is 23.1 Å². The van der Waals surface area contributed by atoms with E-state index >= 15 is 0 Å². The number of ether oxygens (including phenoxy) is 2. The van der Waals surface area contributed by atoms with Crippen LogP contribution in [0.1, 0.15) is 42.9 Å². The van der Waals surface area contributed by atoms with Crippen molar-refractivity contribution in [3.63, 3.8) is 0 Å². The summed E-state index contributed by atoms with van der Waals surface area (Å²) in [7, 11) is 1.63. The fraction of sp³-hybridized carbons (Fsp3) is 0.533. The molecule has 0 bridgehead atoms. The highest BCUT2D eigenvalue weighted by atomic mass is 32.2. The number of aliphatic hydroxyl groups excluding tert-OH is 1. The van der Waals surface area contributed by atoms with Crippen LogP contribution in [-0.2, 0) is 16.1 Å². The lowest BCUT2D eigenvalue weighted by Crippen LogP contribution is -2.45. The van der Waals surface area contributed by atoms with Gasteiger partial charge in [0.1, 0.15) is 5.75 Å². The number of aromatic nitrogens is 1. The summed E-state index contributed by atoms with van der Waals surface area (Å²) >= 11 is 3.62. The number of likely N-dealkylation sites (tertiary alicyclic amines) is 1. The topological polar surface area (TPSA) is 95.4 Å². The number of rotatable bonds is 12. The van der Waals surface area contributed by atoms with Crippen LogP contribution in [0.4, 0.5) is 0 Å². The maximum absolute atomic E-state index is 12.6. The van der Waals surface area contributed by atoms with Crippen molar-refractivity contribution in [1.29, 1.82) is 0 Å². The predicted octanol–water partition coefficient (Wildman–Crippen LogP) is 4.91. The van der Waals surface area contributed by atoms with Crippen LogP contribution in [0, 0.1) is 5.41 Å². The van der Waals surface area contributed by atoms with Crippen LogP contribution in [-0.4, -0.2) is 89.8 Å². The number of carbonyl (C=O) groups is 1. The average Bonchev–Trinajstić information content (AvgIpc) is 3.50. The molecule has 4 heterocycles. The number of morpholine rings is 1. The summed E-state index contributed by atoms with van der Waals surface area (Å²) in [4.78, 5) is 21.9. The number of thioether (sulfide) groups is 1. The van der Waals surface area contributed by atoms with Gasteiger partial charge in [-0.1, -0.05) is 6.07 Å². The SMILES string of the molecule is COc1ccc2ncc(CN3CCOCC3)c([C@H](O)CCC3(C(=O)O)CCN(CCSc4cccs4)CC3)c2c1. The molecule has 0 saturated carbocycles. The van der Waals surface area contributed by atoms with Gasteiger partial charge >= 0.3 is 5.97 Å². The summed E-state index contributed by atoms with van der Waals surface area (Å²) in [5, 5.41) is 24.9. The van der Waals surface area contributed by atoms with Crippen molar-refractivity contribution in [3.05, 3.63) is 53.0 Å². The van der Waals surface area contributed by atoms with E-state index in [0.717, 1.165) is 60.5 Å². The number of thiophene rings is 1. The number of benzene rings is 1. The van der Waals surface area contributed by atoms with Gasteiger partial charge in [-0.15, -0.1) is 23.1 Å². The number of carboxylic acids is 1. The van der Waals surface area contributed by atoms with Gasteiger partial charge in [-0.3, -0.25) is 14.7 Å². The summed E-state index contributed by atoms with van der Waals surface area (Å²) in [5.74, 6) is 0.962. The third kappa shape index (κ3) is 6.98. The molecular formula is C30H39N3O5S2. The second-order valence-corrected chi connectivity index (χ2v) is 13.1. The fourth-order valence-corrected chi connectivity index (χ4v) is 7.70. The standard InChI is InChI=1S/C30H39N3O5S2/c1-37-23-4-5-25-24(19-23)28(22(20-31-25)21-33-12-15-38-16-13-33)26(34)6-7-30(29(35)36)8-10-32(11-9-30)14-18-40-27-3-2-17-39-27/h2-5,17,19-20,26,34H,6-16,18,21H2,1H3,(H,35,36)/t26-/m1/s1. The summed E-state index contributed by atoms with van der Waals surface area (Å²) in [6.07, 6.45) is 3.08. The van der Waals surface area contributed by atoms with Crippen molar-refractivity contribution in [2.45, 2.75) is 42.5 Å². The van der Waals surface area contributed by atoms with Gasteiger partial charge in [-0.05, 0) is 79.5 Å². The largest absolute Gasteiger partial charge is 0.497 e. The first kappa shape index (κ1) is 29.3. The number of aliphatic hydroxyl groups is 1. The summed E-state index contributed by atoms with van der Waals surface area (Å²) < 4.78 is 12.3. The molecule has 2 aromatic heterocycles. The molecule has 3 aromatic rings. The van der Waals surface area contributed by atoms with Gasteiger partial charge in [0, 0.05) is 43.5 Å². The quantitative estimate of drug-likeness (QED) is 0.288. The Labute approximate surface area is 244 Å². The van der Waals surface area contributed by atoms with Crippen LogP contribution in [0.25, 0.3) is 10.9 Å². The minimum Gasteiger partial charge on any atom is -0.497 e. The lowest BCUT2D eigenvalue weighted by Gasteiger charge is -2.39. The number of hydrogen-bond acceptors (Lipinski definition) is 9. The molecule has 2 N–H and O–H groups in total. The third-order valence-electron chi connectivity index (χ3n) is 8.34. The Kier molecular flexibility index (Phi) is 9.98. The molecule has 2 aliphatic heterocycles. The number of piperidine rings is 1. The Morgan fingerprint density at radius 2 is 2.00 bits per heavy atom. The van der Waals surface area contributed by atoms with E-state index in [1.807, 2.05) is 36.2 Å². The first-order valence-electron chi connectivity index (χ1n) is 14.0. The average molecular weight is 586 g/mol. The second-order valence-electron chi connectivity index (χ2n) is 10.7. The summed E-state index contributed by atoms with van der Waals surface area (Å²) in [6, 6.07) is 9.93. The minimum absolute atomic E-state index is 0.382. The number of nitrogens with zero attached hydrogens (tertiary/aromatic N) is 3. The molecule has 1 atom stereocenters. The number of aliphatic carboxylic acids is 1. The van der Waals surface area contributed by atoms with Gasteiger partial charge in [-0.2, -0.15) is 0 Å². The first-order chi connectivity index (χ1) is 19.5. The highest BCUT2D eigenvalue weighted by molar-refractivity contribution is 8.01. The zero-order chi connectivity index (χ0) is 28.0. The van der Waals surface area contributed by atoms with E-state index in [9.17, 15) is 15.0 Å². The molecule has 2 saturated heterocycles. The number of methoxy groups -OCH3 is 1. The Morgan fingerprint density at radius 1 is 1.20 bits per heavy atom. The fourth-order valence-electron chi connectivity index (χ4n) is 5.83. The molecule has 5 rings (SSSR count). The predicted molar refractivity (Wildman–Crippen MR) is 159 cm³/mol. The minimum atomic E-state index is -0.816. The molecule has 2 aliphatic rings. The first-order valence-corrected chi connectivity index (χ1v) is 15.9. The molecule has 0 aliphatic carbocycles. The van der Waals surface area contributed by atoms with Crippen LogP contribution in [0.2, 0.25) is 0 Å². The molecule has 216 valence electrons. The third-order valence-corrected chi connectivity index (χ3v) is 10.5. The van der Waals surface area contributed by atoms with Crippen molar-refractivity contribution in [2.24, 2.45) is 5.41 Å². The van der Waals surface area contributed by atoms with Gasteiger partial charge in [0.05, 0.1) is 41.6 Å². The normalized spacial score (nSPS) is 19.1. The van der Waals surface area contributed by atoms with Crippen molar-refractivity contribution in [3.8, 4) is 5.75 Å². The van der Waals surface area contributed by atoms with E-state index in [1.54, 1.807) is 18.4 Å². The van der Waals surface area contributed by atoms with Crippen LogP contribution in [0.5, 0.6) is 5.75 Å². The lowest BCUT2D eigenvalue weighted by atomic mass is 9.74. The molecule has 1 aromatic carbocycles. The lowest BCUT2D eigenvalue weighted by molar-refractivity contribution is -0.153. The Bertz CT molecular complexity index is 1260. The summed E-state index contributed by atoms with van der Waals surface area (Å²) in [6.45, 7) is 6.20. The second kappa shape index (κ2) is 13.6. The Balaban J connectivity index is 1.28. The van der Waals surface area contributed by atoms with Gasteiger partial charge in [-0.25, -0.2) is 0 Å². The van der Waals surface area contributed by atoms with Crippen molar-refractivity contribution < 1.29 is 24.5 Å². The molecule has 2 fully saturated rings. The maximum Gasteiger partial charge on any atom is 0.309 e. The number of hydrogen-bond donors (Lipinski definition) is 2. The van der Waals surface area contributed by atoms with Crippen molar-refractivity contribution >= 4 is 40.0 Å². The molecule has 0 spiro atoms. The van der Waals surface area contributed by atoms with E-state index in [4.69, 9.17) is 9.47 Å². The van der Waals surface area contributed by atoms with E-state index in [1.165, 1.54) is 4.21 Å². The van der Waals surface area contributed by atoms with E-state index in [-0.39, 0.29) is 0 Å². The van der Waals surface area contributed by atoms with Gasteiger partial charge in [0.2, 0.25) is 0 Å². The highest BCUT2D eigenvalue weighted by Crippen LogP contribution is 2.40. The van der Waals surface area contributed by atoms with Gasteiger partial charge in [0.25, 0.3) is 0 Å². The molecular weight excluding hydrogens is 546 g/mol. The molecule has 10 heteroatoms. The smallest absolute Gasteiger partial charge is 0.309 e. The van der Waals surface area contributed by atoms with Crippen molar-refractivity contribution in [2.75, 3.05) is 58.8 Å². The molecule has 0 amide bonds. The summed E-state index contributed by atoms with van der Waals surface area (Å²) in [5.41, 5.74) is 1.78. The van der Waals surface area contributed by atoms with E-state index in [0.29, 0.717) is 51.2 Å². The van der Waals surface area contributed by atoms with E-state index in [2.05, 4.69) is 32.3 Å². The number of carboxylic acid groups (broad SMARTS) is 1. The Hall–Kier alpha value is -2.21. The van der Waals surface area contributed by atoms with Crippen LogP contribution in [0.3, 0.4) is 0 Å². The molecule has 8 nitrogen and oxygen atoms in total.